The van der Waals surface area contributed by atoms with Gasteiger partial charge in [0.25, 0.3) is 0 Å². The van der Waals surface area contributed by atoms with Gasteiger partial charge in [-0.1, -0.05) is 109 Å². The van der Waals surface area contributed by atoms with Crippen molar-refractivity contribution in [2.45, 2.75) is 0 Å². The van der Waals surface area contributed by atoms with Gasteiger partial charge < -0.3 is 13.7 Å². The number of benzene rings is 8. The predicted molar refractivity (Wildman–Crippen MR) is 202 cm³/mol. The summed E-state index contributed by atoms with van der Waals surface area (Å²) in [7, 11) is 0. The number of hydrogen-bond donors (Lipinski definition) is 0. The van der Waals surface area contributed by atoms with Crippen molar-refractivity contribution < 1.29 is 8.83 Å². The Morgan fingerprint density at radius 1 is 0.449 bits per heavy atom. The van der Waals surface area contributed by atoms with Crippen LogP contribution < -0.4 is 4.90 Å². The molecular formula is C45H28N2O2. The molecule has 0 aliphatic heterocycles. The molecule has 0 aliphatic rings. The van der Waals surface area contributed by atoms with Crippen molar-refractivity contribution in [2.75, 3.05) is 4.90 Å². The highest BCUT2D eigenvalue weighted by Crippen LogP contribution is 2.46. The lowest BCUT2D eigenvalue weighted by atomic mass is 9.95. The van der Waals surface area contributed by atoms with Crippen LogP contribution in [0.4, 0.5) is 17.1 Å². The van der Waals surface area contributed by atoms with Crippen molar-refractivity contribution in [1.82, 2.24) is 4.98 Å². The molecule has 0 aliphatic carbocycles. The van der Waals surface area contributed by atoms with Gasteiger partial charge in [-0.15, -0.1) is 0 Å². The Labute approximate surface area is 282 Å². The molecule has 0 unspecified atom stereocenters. The maximum absolute atomic E-state index is 6.54. The molecule has 2 aromatic heterocycles. The fourth-order valence-corrected chi connectivity index (χ4v) is 7.23. The van der Waals surface area contributed by atoms with E-state index in [0.29, 0.717) is 5.89 Å². The van der Waals surface area contributed by atoms with Crippen LogP contribution in [-0.4, -0.2) is 4.98 Å². The zero-order chi connectivity index (χ0) is 32.3. The Hall–Kier alpha value is -6.65. The summed E-state index contributed by atoms with van der Waals surface area (Å²) < 4.78 is 12.9. The minimum absolute atomic E-state index is 0.626. The van der Waals surface area contributed by atoms with Crippen molar-refractivity contribution in [3.63, 3.8) is 0 Å². The van der Waals surface area contributed by atoms with Gasteiger partial charge in [0.15, 0.2) is 5.58 Å². The smallest absolute Gasteiger partial charge is 0.227 e. The second kappa shape index (κ2) is 11.0. The quantitative estimate of drug-likeness (QED) is 0.178. The average molecular weight is 629 g/mol. The Morgan fingerprint density at radius 3 is 2.04 bits per heavy atom. The third-order valence-corrected chi connectivity index (χ3v) is 9.47. The first kappa shape index (κ1) is 27.5. The third-order valence-electron chi connectivity index (χ3n) is 9.47. The molecule has 0 spiro atoms. The first-order chi connectivity index (χ1) is 24.3. The van der Waals surface area contributed by atoms with Gasteiger partial charge in [0.1, 0.15) is 16.7 Å². The lowest BCUT2D eigenvalue weighted by Crippen LogP contribution is -2.11. The molecule has 10 aromatic rings. The molecule has 0 N–H and O–H groups in total. The van der Waals surface area contributed by atoms with Crippen molar-refractivity contribution in [3.8, 4) is 22.6 Å². The molecule has 0 saturated heterocycles. The number of anilines is 3. The van der Waals surface area contributed by atoms with Gasteiger partial charge in [0.2, 0.25) is 5.89 Å². The molecule has 0 bridgehead atoms. The van der Waals surface area contributed by atoms with Crippen molar-refractivity contribution in [2.24, 2.45) is 0 Å². The third kappa shape index (κ3) is 4.42. The first-order valence-corrected chi connectivity index (χ1v) is 16.5. The fraction of sp³-hybridized carbons (Fsp3) is 0. The van der Waals surface area contributed by atoms with Gasteiger partial charge in [-0.05, 0) is 82.4 Å². The zero-order valence-corrected chi connectivity index (χ0v) is 26.4. The van der Waals surface area contributed by atoms with Crippen LogP contribution in [-0.2, 0) is 0 Å². The summed E-state index contributed by atoms with van der Waals surface area (Å²) in [5.74, 6) is 0.626. The van der Waals surface area contributed by atoms with E-state index in [-0.39, 0.29) is 0 Å². The van der Waals surface area contributed by atoms with Crippen molar-refractivity contribution >= 4 is 71.6 Å². The van der Waals surface area contributed by atoms with Crippen LogP contribution in [0.2, 0.25) is 0 Å². The van der Waals surface area contributed by atoms with Crippen LogP contribution >= 0.6 is 0 Å². The van der Waals surface area contributed by atoms with Crippen LogP contribution in [0, 0.1) is 0 Å². The predicted octanol–water partition coefficient (Wildman–Crippen LogP) is 12.8. The summed E-state index contributed by atoms with van der Waals surface area (Å²) in [6, 6.07) is 59.2. The SMILES string of the molecule is c1ccc(-c2nc3ccc4ccc5ccc(-c6ccccc6N(c6ccccc6)c6cccc7oc8ccccc8c67)cc5c4c3o2)cc1. The number of oxazole rings is 1. The molecule has 4 nitrogen and oxygen atoms in total. The van der Waals surface area contributed by atoms with Gasteiger partial charge >= 0.3 is 0 Å². The van der Waals surface area contributed by atoms with E-state index in [9.17, 15) is 0 Å². The molecule has 0 radical (unpaired) electrons. The number of hydrogen-bond acceptors (Lipinski definition) is 4. The summed E-state index contributed by atoms with van der Waals surface area (Å²) in [6.45, 7) is 0. The molecule has 0 saturated carbocycles. The van der Waals surface area contributed by atoms with Crippen LogP contribution in [0.3, 0.4) is 0 Å². The molecule has 2 heterocycles. The number of nitrogens with zero attached hydrogens (tertiary/aromatic N) is 2. The lowest BCUT2D eigenvalue weighted by Gasteiger charge is -2.28. The summed E-state index contributed by atoms with van der Waals surface area (Å²) >= 11 is 0. The maximum atomic E-state index is 6.54. The van der Waals surface area contributed by atoms with E-state index in [1.807, 2.05) is 42.5 Å². The molecule has 4 heteroatoms. The number of furan rings is 1. The van der Waals surface area contributed by atoms with E-state index in [1.54, 1.807) is 0 Å². The summed E-state index contributed by atoms with van der Waals surface area (Å²) in [5, 5.41) is 6.64. The molecule has 0 amide bonds. The van der Waals surface area contributed by atoms with E-state index in [2.05, 4.69) is 132 Å². The minimum Gasteiger partial charge on any atom is -0.456 e. The molecule has 8 aromatic carbocycles. The van der Waals surface area contributed by atoms with Crippen LogP contribution in [0.5, 0.6) is 0 Å². The van der Waals surface area contributed by atoms with E-state index < -0.39 is 0 Å². The molecule has 0 atom stereocenters. The van der Waals surface area contributed by atoms with Gasteiger partial charge in [0, 0.05) is 27.6 Å². The van der Waals surface area contributed by atoms with E-state index >= 15 is 0 Å². The molecule has 230 valence electrons. The minimum atomic E-state index is 0.626. The summed E-state index contributed by atoms with van der Waals surface area (Å²) in [4.78, 5) is 7.24. The zero-order valence-electron chi connectivity index (χ0n) is 26.4. The molecular weight excluding hydrogens is 601 g/mol. The van der Waals surface area contributed by atoms with Gasteiger partial charge in [-0.3, -0.25) is 0 Å². The molecule has 0 fully saturated rings. The molecule has 10 rings (SSSR count). The maximum Gasteiger partial charge on any atom is 0.227 e. The average Bonchev–Trinajstić information content (AvgIpc) is 3.78. The number of para-hydroxylation sites is 3. The van der Waals surface area contributed by atoms with E-state index in [4.69, 9.17) is 13.8 Å². The largest absolute Gasteiger partial charge is 0.456 e. The van der Waals surface area contributed by atoms with Gasteiger partial charge in [0.05, 0.1) is 16.8 Å². The Balaban J connectivity index is 1.21. The Morgan fingerprint density at radius 2 is 1.14 bits per heavy atom. The molecule has 49 heavy (non-hydrogen) atoms. The fourth-order valence-electron chi connectivity index (χ4n) is 7.23. The number of rotatable bonds is 5. The van der Waals surface area contributed by atoms with E-state index in [1.165, 1.54) is 0 Å². The van der Waals surface area contributed by atoms with Crippen LogP contribution in [0.1, 0.15) is 0 Å². The van der Waals surface area contributed by atoms with Gasteiger partial charge in [-0.2, -0.15) is 0 Å². The Kier molecular flexibility index (Phi) is 6.15. The van der Waals surface area contributed by atoms with E-state index in [0.717, 1.165) is 88.3 Å². The normalized spacial score (nSPS) is 11.7. The second-order valence-electron chi connectivity index (χ2n) is 12.3. The number of fused-ring (bicyclic) bond motifs is 8. The van der Waals surface area contributed by atoms with Crippen LogP contribution in [0.15, 0.2) is 179 Å². The lowest BCUT2D eigenvalue weighted by molar-refractivity contribution is 0.623. The standard InChI is InChI=1S/C45H28N2O2/c1-3-12-31(13-4-1)45-46-37-27-26-30-24-22-29-23-25-32(28-36(29)42(30)44(37)49-45)34-16-7-9-18-38(34)47(33-14-5-2-6-15-33)39-19-11-21-41-43(39)35-17-8-10-20-40(35)48-41/h1-28H. The summed E-state index contributed by atoms with van der Waals surface area (Å²) in [5.41, 5.74) is 9.77. The number of aromatic nitrogens is 1. The first-order valence-electron chi connectivity index (χ1n) is 16.5. The second-order valence-corrected chi connectivity index (χ2v) is 12.3. The highest BCUT2D eigenvalue weighted by Gasteiger charge is 2.22. The highest BCUT2D eigenvalue weighted by molar-refractivity contribution is 6.19. The van der Waals surface area contributed by atoms with Crippen LogP contribution in [0.25, 0.3) is 77.2 Å². The monoisotopic (exact) mass is 628 g/mol. The highest BCUT2D eigenvalue weighted by atomic mass is 16.3. The Bertz CT molecular complexity index is 2830. The summed E-state index contributed by atoms with van der Waals surface area (Å²) in [6.07, 6.45) is 0. The van der Waals surface area contributed by atoms with Crippen molar-refractivity contribution in [3.05, 3.63) is 170 Å². The van der Waals surface area contributed by atoms with Crippen molar-refractivity contribution in [1.29, 1.82) is 0 Å². The van der Waals surface area contributed by atoms with Gasteiger partial charge in [-0.25, -0.2) is 4.98 Å². The topological polar surface area (TPSA) is 42.4 Å².